The summed E-state index contributed by atoms with van der Waals surface area (Å²) in [5.74, 6) is 1.60. The molecule has 0 unspecified atom stereocenters. The van der Waals surface area contributed by atoms with Crippen molar-refractivity contribution in [2.24, 2.45) is 0 Å². The van der Waals surface area contributed by atoms with Crippen LogP contribution in [0.1, 0.15) is 16.3 Å². The molecule has 150 valence electrons. The van der Waals surface area contributed by atoms with Gasteiger partial charge in [-0.2, -0.15) is 0 Å². The second-order valence-electron chi connectivity index (χ2n) is 6.91. The Balaban J connectivity index is 1.36. The number of benzene rings is 1. The average Bonchev–Trinajstić information content (AvgIpc) is 3.24. The monoisotopic (exact) mass is 393 g/mol. The summed E-state index contributed by atoms with van der Waals surface area (Å²) in [6, 6.07) is 16.4. The molecule has 4 rings (SSSR count). The maximum Gasteiger partial charge on any atom is 0.289 e. The first kappa shape index (κ1) is 18.9. The van der Waals surface area contributed by atoms with Crippen LogP contribution in [0.2, 0.25) is 0 Å². The minimum absolute atomic E-state index is 0.105. The number of furan rings is 1. The van der Waals surface area contributed by atoms with Gasteiger partial charge in [0.05, 0.1) is 13.7 Å². The van der Waals surface area contributed by atoms with Crippen molar-refractivity contribution in [3.05, 3.63) is 82.7 Å². The maximum atomic E-state index is 12.8. The lowest BCUT2D eigenvalue weighted by Gasteiger charge is -2.35. The van der Waals surface area contributed by atoms with E-state index in [4.69, 9.17) is 9.15 Å². The van der Waals surface area contributed by atoms with Crippen molar-refractivity contribution < 1.29 is 13.9 Å². The summed E-state index contributed by atoms with van der Waals surface area (Å²) in [5.41, 5.74) is 1.01. The Morgan fingerprint density at radius 3 is 2.45 bits per heavy atom. The fourth-order valence-corrected chi connectivity index (χ4v) is 3.45. The second kappa shape index (κ2) is 8.26. The molecule has 1 amide bonds. The number of amides is 1. The number of pyridine rings is 1. The maximum absolute atomic E-state index is 12.8. The summed E-state index contributed by atoms with van der Waals surface area (Å²) in [4.78, 5) is 28.7. The number of methoxy groups -OCH3 is 1. The Labute approximate surface area is 168 Å². The fraction of sp³-hybridized carbons (Fsp3) is 0.273. The van der Waals surface area contributed by atoms with Crippen molar-refractivity contribution in [1.29, 1.82) is 0 Å². The summed E-state index contributed by atoms with van der Waals surface area (Å²) in [6.45, 7) is 3.06. The SMILES string of the molecule is COc1ccc(N2CCN(C(=O)c3ccc(Cn4ccccc4=O)o3)CC2)cc1. The van der Waals surface area contributed by atoms with Crippen molar-refractivity contribution in [2.75, 3.05) is 38.2 Å². The van der Waals surface area contributed by atoms with Crippen LogP contribution in [0.25, 0.3) is 0 Å². The molecular formula is C22H23N3O4. The van der Waals surface area contributed by atoms with Gasteiger partial charge in [-0.25, -0.2) is 0 Å². The van der Waals surface area contributed by atoms with E-state index >= 15 is 0 Å². The Kier molecular flexibility index (Phi) is 5.37. The first-order valence-corrected chi connectivity index (χ1v) is 9.56. The first-order valence-electron chi connectivity index (χ1n) is 9.56. The van der Waals surface area contributed by atoms with Crippen LogP contribution in [0.5, 0.6) is 5.75 Å². The van der Waals surface area contributed by atoms with Crippen LogP contribution in [0.15, 0.2) is 70.0 Å². The fourth-order valence-electron chi connectivity index (χ4n) is 3.45. The Bertz CT molecular complexity index is 1030. The van der Waals surface area contributed by atoms with Crippen LogP contribution in [-0.4, -0.2) is 48.7 Å². The van der Waals surface area contributed by atoms with Crippen LogP contribution < -0.4 is 15.2 Å². The van der Waals surface area contributed by atoms with Crippen molar-refractivity contribution in [3.63, 3.8) is 0 Å². The van der Waals surface area contributed by atoms with Gasteiger partial charge < -0.3 is 23.5 Å². The predicted octanol–water partition coefficient (Wildman–Crippen LogP) is 2.46. The highest BCUT2D eigenvalue weighted by Gasteiger charge is 2.24. The molecular weight excluding hydrogens is 370 g/mol. The Hall–Kier alpha value is -3.48. The quantitative estimate of drug-likeness (QED) is 0.666. The molecule has 0 radical (unpaired) electrons. The third-order valence-electron chi connectivity index (χ3n) is 5.10. The van der Waals surface area contributed by atoms with Crippen molar-refractivity contribution >= 4 is 11.6 Å². The molecule has 2 aromatic heterocycles. The summed E-state index contributed by atoms with van der Waals surface area (Å²) in [6.07, 6.45) is 1.70. The number of rotatable bonds is 5. The zero-order valence-corrected chi connectivity index (χ0v) is 16.3. The van der Waals surface area contributed by atoms with E-state index in [0.29, 0.717) is 31.2 Å². The molecule has 1 aliphatic rings. The molecule has 1 fully saturated rings. The van der Waals surface area contributed by atoms with Crippen molar-refractivity contribution in [3.8, 4) is 5.75 Å². The molecule has 0 bridgehead atoms. The van der Waals surface area contributed by atoms with Gasteiger partial charge in [0.25, 0.3) is 11.5 Å². The number of ether oxygens (including phenoxy) is 1. The summed E-state index contributed by atoms with van der Waals surface area (Å²) in [7, 11) is 1.65. The van der Waals surface area contributed by atoms with E-state index in [9.17, 15) is 9.59 Å². The van der Waals surface area contributed by atoms with E-state index in [1.807, 2.05) is 24.3 Å². The summed E-state index contributed by atoms with van der Waals surface area (Å²) < 4.78 is 12.5. The van der Waals surface area contributed by atoms with E-state index in [1.165, 1.54) is 6.07 Å². The van der Waals surface area contributed by atoms with Crippen molar-refractivity contribution in [1.82, 2.24) is 9.47 Å². The number of hydrogen-bond donors (Lipinski definition) is 0. The van der Waals surface area contributed by atoms with Gasteiger partial charge in [-0.3, -0.25) is 9.59 Å². The molecule has 0 atom stereocenters. The minimum atomic E-state index is -0.119. The number of nitrogens with zero attached hydrogens (tertiary/aromatic N) is 3. The molecule has 29 heavy (non-hydrogen) atoms. The molecule has 0 spiro atoms. The molecule has 1 aromatic carbocycles. The lowest BCUT2D eigenvalue weighted by atomic mass is 10.2. The second-order valence-corrected chi connectivity index (χ2v) is 6.91. The molecule has 0 N–H and O–H groups in total. The van der Waals surface area contributed by atoms with Crippen molar-refractivity contribution in [2.45, 2.75) is 6.54 Å². The molecule has 1 aliphatic heterocycles. The van der Waals surface area contributed by atoms with Gasteiger partial charge in [0.15, 0.2) is 5.76 Å². The summed E-state index contributed by atoms with van der Waals surface area (Å²) in [5, 5.41) is 0. The average molecular weight is 393 g/mol. The first-order chi connectivity index (χ1) is 14.1. The minimum Gasteiger partial charge on any atom is -0.497 e. The molecule has 0 saturated carbocycles. The third-order valence-corrected chi connectivity index (χ3v) is 5.10. The van der Waals surface area contributed by atoms with Crippen LogP contribution >= 0.6 is 0 Å². The normalized spacial score (nSPS) is 14.1. The van der Waals surface area contributed by atoms with Gasteiger partial charge in [-0.15, -0.1) is 0 Å². The molecule has 1 saturated heterocycles. The lowest BCUT2D eigenvalue weighted by Crippen LogP contribution is -2.48. The largest absolute Gasteiger partial charge is 0.497 e. The highest BCUT2D eigenvalue weighted by atomic mass is 16.5. The smallest absolute Gasteiger partial charge is 0.289 e. The molecule has 7 nitrogen and oxygen atoms in total. The highest BCUT2D eigenvalue weighted by molar-refractivity contribution is 5.91. The summed E-state index contributed by atoms with van der Waals surface area (Å²) >= 11 is 0. The topological polar surface area (TPSA) is 67.9 Å². The van der Waals surface area contributed by atoms with E-state index in [2.05, 4.69) is 4.90 Å². The van der Waals surface area contributed by atoms with E-state index in [-0.39, 0.29) is 11.5 Å². The lowest BCUT2D eigenvalue weighted by molar-refractivity contribution is 0.0712. The zero-order valence-electron chi connectivity index (χ0n) is 16.3. The number of carbonyl (C=O) groups is 1. The Morgan fingerprint density at radius 1 is 1.00 bits per heavy atom. The highest BCUT2D eigenvalue weighted by Crippen LogP contribution is 2.21. The van der Waals surface area contributed by atoms with Gasteiger partial charge in [-0.05, 0) is 42.5 Å². The van der Waals surface area contributed by atoms with Crippen LogP contribution in [0.3, 0.4) is 0 Å². The molecule has 0 aliphatic carbocycles. The number of anilines is 1. The van der Waals surface area contributed by atoms with Gasteiger partial charge in [-0.1, -0.05) is 6.07 Å². The van der Waals surface area contributed by atoms with E-state index < -0.39 is 0 Å². The van der Waals surface area contributed by atoms with Crippen LogP contribution in [-0.2, 0) is 6.54 Å². The van der Waals surface area contributed by atoms with Crippen LogP contribution in [0, 0.1) is 0 Å². The standard InChI is InChI=1S/C22H23N3O4/c1-28-18-7-5-17(6-8-18)23-12-14-24(15-13-23)22(27)20-10-9-19(29-20)16-25-11-3-2-4-21(25)26/h2-11H,12-16H2,1H3. The zero-order chi connectivity index (χ0) is 20.2. The van der Waals surface area contributed by atoms with Crippen LogP contribution in [0.4, 0.5) is 5.69 Å². The molecule has 3 aromatic rings. The number of aromatic nitrogens is 1. The molecule has 7 heteroatoms. The van der Waals surface area contributed by atoms with Gasteiger partial charge in [0.1, 0.15) is 11.5 Å². The molecule has 3 heterocycles. The third kappa shape index (κ3) is 4.18. The number of piperazine rings is 1. The predicted molar refractivity (Wildman–Crippen MR) is 110 cm³/mol. The van der Waals surface area contributed by atoms with Gasteiger partial charge in [0.2, 0.25) is 0 Å². The number of hydrogen-bond acceptors (Lipinski definition) is 5. The Morgan fingerprint density at radius 2 is 1.76 bits per heavy atom. The number of carbonyl (C=O) groups excluding carboxylic acids is 1. The van der Waals surface area contributed by atoms with E-state index in [0.717, 1.165) is 24.5 Å². The van der Waals surface area contributed by atoms with Gasteiger partial charge in [0, 0.05) is 44.1 Å². The van der Waals surface area contributed by atoms with Gasteiger partial charge >= 0.3 is 0 Å². The van der Waals surface area contributed by atoms with E-state index in [1.54, 1.807) is 47.0 Å².